The van der Waals surface area contributed by atoms with Crippen LogP contribution < -0.4 is 10.1 Å². The molecule has 2 rings (SSSR count). The van der Waals surface area contributed by atoms with Gasteiger partial charge in [0.15, 0.2) is 0 Å². The first-order valence-corrected chi connectivity index (χ1v) is 9.33. The molecule has 0 saturated carbocycles. The van der Waals surface area contributed by atoms with Crippen LogP contribution in [-0.2, 0) is 21.4 Å². The fraction of sp³-hybridized carbons (Fsp3) is 0.533. The van der Waals surface area contributed by atoms with Gasteiger partial charge >= 0.3 is 5.97 Å². The number of halogens is 3. The molecule has 1 aromatic rings. The Kier molecular flexibility index (Phi) is 7.34. The van der Waals surface area contributed by atoms with E-state index in [1.807, 2.05) is 0 Å². The molecule has 1 heterocycles. The molecule has 0 bridgehead atoms. The SMILES string of the molecule is COc1ccc(CN([C@@H]2CN[C@H](CC(=O)O)C2(F)F)S(C)(=O)=O)cc1.Cl. The van der Waals surface area contributed by atoms with E-state index < -0.39 is 40.4 Å². The van der Waals surface area contributed by atoms with Gasteiger partial charge in [0.25, 0.3) is 5.92 Å². The molecule has 0 aromatic heterocycles. The van der Waals surface area contributed by atoms with E-state index in [1.54, 1.807) is 24.3 Å². The number of benzene rings is 1. The molecule has 2 atom stereocenters. The van der Waals surface area contributed by atoms with Crippen molar-refractivity contribution >= 4 is 28.4 Å². The first-order valence-electron chi connectivity index (χ1n) is 7.48. The maximum Gasteiger partial charge on any atom is 0.305 e. The van der Waals surface area contributed by atoms with Crippen molar-refractivity contribution in [1.82, 2.24) is 9.62 Å². The van der Waals surface area contributed by atoms with E-state index in [0.29, 0.717) is 15.6 Å². The number of methoxy groups -OCH3 is 1. The summed E-state index contributed by atoms with van der Waals surface area (Å²) in [5.74, 6) is -4.32. The quantitative estimate of drug-likeness (QED) is 0.698. The van der Waals surface area contributed by atoms with E-state index in [1.165, 1.54) is 7.11 Å². The van der Waals surface area contributed by atoms with Crippen molar-refractivity contribution < 1.29 is 31.8 Å². The molecule has 7 nitrogen and oxygen atoms in total. The lowest BCUT2D eigenvalue weighted by atomic mass is 10.0. The van der Waals surface area contributed by atoms with Crippen LogP contribution in [0, 0.1) is 0 Å². The number of alkyl halides is 2. The Morgan fingerprint density at radius 1 is 1.38 bits per heavy atom. The summed E-state index contributed by atoms with van der Waals surface area (Å²) in [6.45, 7) is -0.571. The Morgan fingerprint density at radius 2 is 1.96 bits per heavy atom. The van der Waals surface area contributed by atoms with Crippen LogP contribution in [0.15, 0.2) is 24.3 Å². The molecule has 2 N–H and O–H groups in total. The Labute approximate surface area is 156 Å². The highest BCUT2D eigenvalue weighted by atomic mass is 35.5. The van der Waals surface area contributed by atoms with Crippen LogP contribution in [0.5, 0.6) is 5.75 Å². The molecular formula is C15H21ClF2N2O5S. The predicted molar refractivity (Wildman–Crippen MR) is 93.4 cm³/mol. The monoisotopic (exact) mass is 414 g/mol. The molecule has 0 spiro atoms. The fourth-order valence-corrected chi connectivity index (χ4v) is 3.87. The third-order valence-corrected chi connectivity index (χ3v) is 5.35. The standard InChI is InChI=1S/C15H20F2N2O5S.ClH/c1-24-11-5-3-10(4-6-11)9-19(25(2,22)23)13-8-18-12(7-14(20)21)15(13,16)17;/h3-6,12-13,18H,7-9H2,1-2H3,(H,20,21);1H/t12-,13-;/m1./s1. The number of carboxylic acid groups (broad SMARTS) is 1. The number of sulfonamides is 1. The van der Waals surface area contributed by atoms with Crippen molar-refractivity contribution in [3.63, 3.8) is 0 Å². The minimum atomic E-state index is -3.95. The number of carboxylic acids is 1. The number of ether oxygens (including phenoxy) is 1. The summed E-state index contributed by atoms with van der Waals surface area (Å²) >= 11 is 0. The molecule has 0 unspecified atom stereocenters. The van der Waals surface area contributed by atoms with Gasteiger partial charge in [0, 0.05) is 13.1 Å². The van der Waals surface area contributed by atoms with E-state index in [4.69, 9.17) is 9.84 Å². The lowest BCUT2D eigenvalue weighted by Gasteiger charge is -2.31. The zero-order chi connectivity index (χ0) is 18.8. The Hall–Kier alpha value is -1.49. The number of carbonyl (C=O) groups is 1. The number of nitrogens with one attached hydrogen (secondary N) is 1. The Balaban J connectivity index is 0.00000338. The van der Waals surface area contributed by atoms with Gasteiger partial charge in [-0.15, -0.1) is 12.4 Å². The molecular weight excluding hydrogens is 394 g/mol. The topological polar surface area (TPSA) is 95.9 Å². The van der Waals surface area contributed by atoms with Crippen LogP contribution in [0.4, 0.5) is 8.78 Å². The molecule has 1 aromatic carbocycles. The molecule has 11 heteroatoms. The van der Waals surface area contributed by atoms with E-state index in [0.717, 1.165) is 6.26 Å². The van der Waals surface area contributed by atoms with Gasteiger partial charge in [0.2, 0.25) is 10.0 Å². The summed E-state index contributed by atoms with van der Waals surface area (Å²) in [5, 5.41) is 11.2. The fourth-order valence-electron chi connectivity index (χ4n) is 2.80. The molecule has 0 radical (unpaired) electrons. The molecule has 1 aliphatic rings. The Morgan fingerprint density at radius 3 is 2.42 bits per heavy atom. The Bertz CT molecular complexity index is 730. The second-order valence-electron chi connectivity index (χ2n) is 5.91. The minimum absolute atomic E-state index is 0. The second-order valence-corrected chi connectivity index (χ2v) is 7.84. The highest BCUT2D eigenvalue weighted by Gasteiger charge is 2.56. The molecule has 0 aliphatic carbocycles. The number of hydrogen-bond donors (Lipinski definition) is 2. The average molecular weight is 415 g/mol. The number of rotatable bonds is 7. The summed E-state index contributed by atoms with van der Waals surface area (Å²) in [6, 6.07) is 3.12. The van der Waals surface area contributed by atoms with Gasteiger partial charge < -0.3 is 15.2 Å². The molecule has 1 fully saturated rings. The highest BCUT2D eigenvalue weighted by Crippen LogP contribution is 2.35. The molecule has 0 amide bonds. The predicted octanol–water partition coefficient (Wildman–Crippen LogP) is 1.33. The van der Waals surface area contributed by atoms with E-state index in [2.05, 4.69) is 5.32 Å². The lowest BCUT2D eigenvalue weighted by Crippen LogP contribution is -2.51. The normalized spacial score (nSPS) is 22.0. The van der Waals surface area contributed by atoms with Gasteiger partial charge in [-0.2, -0.15) is 4.31 Å². The largest absolute Gasteiger partial charge is 0.497 e. The minimum Gasteiger partial charge on any atom is -0.497 e. The van der Waals surface area contributed by atoms with E-state index >= 15 is 0 Å². The third-order valence-electron chi connectivity index (χ3n) is 4.12. The molecule has 26 heavy (non-hydrogen) atoms. The van der Waals surface area contributed by atoms with Crippen LogP contribution in [-0.4, -0.2) is 61.7 Å². The maximum atomic E-state index is 14.6. The average Bonchev–Trinajstić information content (AvgIpc) is 2.78. The van der Waals surface area contributed by atoms with Crippen LogP contribution in [0.25, 0.3) is 0 Å². The summed E-state index contributed by atoms with van der Waals surface area (Å²) in [4.78, 5) is 10.8. The zero-order valence-electron chi connectivity index (χ0n) is 14.2. The maximum absolute atomic E-state index is 14.6. The highest BCUT2D eigenvalue weighted by molar-refractivity contribution is 7.88. The van der Waals surface area contributed by atoms with Crippen molar-refractivity contribution in [2.45, 2.75) is 31.0 Å². The molecule has 148 valence electrons. The number of hydrogen-bond acceptors (Lipinski definition) is 5. The van der Waals surface area contributed by atoms with Gasteiger partial charge in [-0.1, -0.05) is 12.1 Å². The summed E-state index contributed by atoms with van der Waals surface area (Å²) < 4.78 is 59.1. The van der Waals surface area contributed by atoms with Crippen LogP contribution in [0.1, 0.15) is 12.0 Å². The second kappa shape index (κ2) is 8.47. The van der Waals surface area contributed by atoms with Crippen molar-refractivity contribution in [2.24, 2.45) is 0 Å². The summed E-state index contributed by atoms with van der Waals surface area (Å²) in [6.07, 6.45) is 0.0702. The summed E-state index contributed by atoms with van der Waals surface area (Å²) in [5.41, 5.74) is 0.517. The van der Waals surface area contributed by atoms with Crippen LogP contribution in [0.2, 0.25) is 0 Å². The lowest BCUT2D eigenvalue weighted by molar-refractivity contribution is -0.140. The molecule has 1 saturated heterocycles. The smallest absolute Gasteiger partial charge is 0.305 e. The van der Waals surface area contributed by atoms with Gasteiger partial charge in [-0.25, -0.2) is 17.2 Å². The third kappa shape index (κ3) is 5.03. The van der Waals surface area contributed by atoms with E-state index in [-0.39, 0.29) is 25.5 Å². The van der Waals surface area contributed by atoms with E-state index in [9.17, 15) is 22.0 Å². The van der Waals surface area contributed by atoms with Crippen LogP contribution in [0.3, 0.4) is 0 Å². The van der Waals surface area contributed by atoms with Crippen molar-refractivity contribution in [1.29, 1.82) is 0 Å². The number of nitrogens with zero attached hydrogens (tertiary/aromatic N) is 1. The van der Waals surface area contributed by atoms with Crippen molar-refractivity contribution in [3.05, 3.63) is 29.8 Å². The number of aliphatic carboxylic acids is 1. The summed E-state index contributed by atoms with van der Waals surface area (Å²) in [7, 11) is -2.47. The van der Waals surface area contributed by atoms with Gasteiger partial charge in [-0.3, -0.25) is 4.79 Å². The van der Waals surface area contributed by atoms with Crippen molar-refractivity contribution in [3.8, 4) is 5.75 Å². The van der Waals surface area contributed by atoms with Gasteiger partial charge in [0.05, 0.1) is 25.8 Å². The zero-order valence-corrected chi connectivity index (χ0v) is 15.8. The first-order chi connectivity index (χ1) is 11.6. The first kappa shape index (κ1) is 22.6. The van der Waals surface area contributed by atoms with Gasteiger partial charge in [-0.05, 0) is 17.7 Å². The van der Waals surface area contributed by atoms with Crippen LogP contribution >= 0.6 is 12.4 Å². The van der Waals surface area contributed by atoms with Gasteiger partial charge in [0.1, 0.15) is 11.8 Å². The van der Waals surface area contributed by atoms with Crippen molar-refractivity contribution in [2.75, 3.05) is 19.9 Å². The molecule has 1 aliphatic heterocycles.